The molecule has 0 aromatic carbocycles. The molecule has 1 aliphatic heterocycles. The molecule has 0 bridgehead atoms. The molecule has 114 valence electrons. The molecule has 6 nitrogen and oxygen atoms in total. The number of hydrogen-bond acceptors (Lipinski definition) is 4. The van der Waals surface area contributed by atoms with Gasteiger partial charge in [-0.05, 0) is 32.3 Å². The molecule has 2 rings (SSSR count). The molecular formula is C15H23N5O. The number of carbonyl (C=O) groups excluding carboxylic acids is 1. The Morgan fingerprint density at radius 1 is 1.43 bits per heavy atom. The zero-order valence-corrected chi connectivity index (χ0v) is 12.7. The predicted molar refractivity (Wildman–Crippen MR) is 86.2 cm³/mol. The quantitative estimate of drug-likeness (QED) is 0.644. The molecule has 0 atom stereocenters. The Morgan fingerprint density at radius 2 is 2.19 bits per heavy atom. The van der Waals surface area contributed by atoms with E-state index in [0.29, 0.717) is 5.56 Å². The summed E-state index contributed by atoms with van der Waals surface area (Å²) >= 11 is 0. The van der Waals surface area contributed by atoms with Crippen LogP contribution in [-0.2, 0) is 0 Å². The van der Waals surface area contributed by atoms with Crippen LogP contribution in [0.5, 0.6) is 0 Å². The average molecular weight is 289 g/mol. The van der Waals surface area contributed by atoms with Crippen LogP contribution in [0.1, 0.15) is 36.5 Å². The summed E-state index contributed by atoms with van der Waals surface area (Å²) in [7, 11) is 1.69. The van der Waals surface area contributed by atoms with Crippen LogP contribution in [0.4, 0.5) is 11.5 Å². The Kier molecular flexibility index (Phi) is 5.54. The summed E-state index contributed by atoms with van der Waals surface area (Å²) in [6.07, 6.45) is 6.61. The number of carbonyl (C=O) groups is 1. The number of anilines is 2. The zero-order valence-electron chi connectivity index (χ0n) is 12.7. The monoisotopic (exact) mass is 289 g/mol. The second kappa shape index (κ2) is 7.61. The lowest BCUT2D eigenvalue weighted by atomic mass is 10.1. The van der Waals surface area contributed by atoms with Crippen molar-refractivity contribution in [2.75, 3.05) is 37.3 Å². The highest BCUT2D eigenvalue weighted by atomic mass is 16.2. The van der Waals surface area contributed by atoms with Crippen LogP contribution < -0.4 is 10.6 Å². The van der Waals surface area contributed by atoms with Crippen molar-refractivity contribution in [2.45, 2.75) is 26.2 Å². The first-order valence-electron chi connectivity index (χ1n) is 7.46. The largest absolute Gasteiger partial charge is 0.369 e. The Morgan fingerprint density at radius 3 is 2.86 bits per heavy atom. The number of likely N-dealkylation sites (tertiary alicyclic amines) is 1. The molecule has 6 heteroatoms. The van der Waals surface area contributed by atoms with Crippen LogP contribution in [-0.4, -0.2) is 48.8 Å². The van der Waals surface area contributed by atoms with Crippen molar-refractivity contribution < 1.29 is 4.79 Å². The molecule has 2 N–H and O–H groups in total. The lowest BCUT2D eigenvalue weighted by molar-refractivity contribution is 0.0724. The number of aliphatic imine (C=N–C) groups is 1. The van der Waals surface area contributed by atoms with Gasteiger partial charge in [0.25, 0.3) is 5.91 Å². The molecule has 0 radical (unpaired) electrons. The highest BCUT2D eigenvalue weighted by Crippen LogP contribution is 2.21. The summed E-state index contributed by atoms with van der Waals surface area (Å²) in [4.78, 5) is 22.7. The van der Waals surface area contributed by atoms with E-state index in [4.69, 9.17) is 0 Å². The second-order valence-corrected chi connectivity index (χ2v) is 5.03. The Bertz CT molecular complexity index is 509. The molecular weight excluding hydrogens is 266 g/mol. The van der Waals surface area contributed by atoms with Crippen molar-refractivity contribution in [3.8, 4) is 0 Å². The second-order valence-electron chi connectivity index (χ2n) is 5.03. The first-order chi connectivity index (χ1) is 10.3. The number of piperidine rings is 1. The minimum Gasteiger partial charge on any atom is -0.369 e. The van der Waals surface area contributed by atoms with Gasteiger partial charge in [-0.15, -0.1) is 0 Å². The summed E-state index contributed by atoms with van der Waals surface area (Å²) in [5, 5.41) is 6.23. The van der Waals surface area contributed by atoms with Crippen LogP contribution in [0.3, 0.4) is 0 Å². The number of pyridine rings is 1. The van der Waals surface area contributed by atoms with E-state index in [9.17, 15) is 4.79 Å². The molecule has 0 saturated carbocycles. The lowest BCUT2D eigenvalue weighted by Crippen LogP contribution is -2.35. The molecule has 1 aromatic rings. The zero-order chi connectivity index (χ0) is 15.1. The number of amides is 1. The first kappa shape index (κ1) is 15.3. The van der Waals surface area contributed by atoms with Crippen LogP contribution >= 0.6 is 0 Å². The number of nitrogens with one attached hydrogen (secondary N) is 2. The van der Waals surface area contributed by atoms with Gasteiger partial charge in [0.15, 0.2) is 0 Å². The van der Waals surface area contributed by atoms with Gasteiger partial charge in [-0.1, -0.05) is 0 Å². The van der Waals surface area contributed by atoms with E-state index >= 15 is 0 Å². The third-order valence-corrected chi connectivity index (χ3v) is 3.47. The molecule has 1 aliphatic rings. The van der Waals surface area contributed by atoms with Crippen molar-refractivity contribution in [2.24, 2.45) is 4.99 Å². The molecule has 2 heterocycles. The van der Waals surface area contributed by atoms with Crippen molar-refractivity contribution in [3.05, 3.63) is 17.8 Å². The van der Waals surface area contributed by atoms with Crippen LogP contribution in [0.25, 0.3) is 0 Å². The van der Waals surface area contributed by atoms with Gasteiger partial charge < -0.3 is 15.5 Å². The maximum Gasteiger partial charge on any atom is 0.255 e. The van der Waals surface area contributed by atoms with Gasteiger partial charge in [-0.2, -0.15) is 0 Å². The fourth-order valence-electron chi connectivity index (χ4n) is 2.41. The fraction of sp³-hybridized carbons (Fsp3) is 0.533. The van der Waals surface area contributed by atoms with Crippen LogP contribution in [0, 0.1) is 0 Å². The van der Waals surface area contributed by atoms with Gasteiger partial charge in [0.05, 0.1) is 17.6 Å². The molecule has 0 aliphatic carbocycles. The standard InChI is InChI=1S/C15H23N5O/c1-3-17-14-13(19-11-16-2)9-12(10-18-14)15(21)20-7-5-4-6-8-20/h9-11H,3-8H2,1-2H3,(H,16,19)(H,17,18). The first-order valence-corrected chi connectivity index (χ1v) is 7.46. The highest BCUT2D eigenvalue weighted by Gasteiger charge is 2.19. The molecule has 1 amide bonds. The fourth-order valence-corrected chi connectivity index (χ4v) is 2.41. The van der Waals surface area contributed by atoms with Gasteiger partial charge in [0, 0.05) is 32.9 Å². The van der Waals surface area contributed by atoms with Crippen molar-refractivity contribution in [1.82, 2.24) is 9.88 Å². The Labute approximate surface area is 125 Å². The van der Waals surface area contributed by atoms with Gasteiger partial charge >= 0.3 is 0 Å². The molecule has 0 spiro atoms. The summed E-state index contributed by atoms with van der Waals surface area (Å²) in [5.74, 6) is 0.786. The van der Waals surface area contributed by atoms with Gasteiger partial charge in [-0.3, -0.25) is 9.79 Å². The van der Waals surface area contributed by atoms with E-state index in [1.807, 2.05) is 17.9 Å². The minimum atomic E-state index is 0.0572. The Hall–Kier alpha value is -2.11. The SMILES string of the molecule is CCNc1ncc(C(=O)N2CCCCC2)cc1NC=NC. The van der Waals surface area contributed by atoms with Gasteiger partial charge in [0.2, 0.25) is 0 Å². The molecule has 0 unspecified atom stereocenters. The van der Waals surface area contributed by atoms with E-state index in [2.05, 4.69) is 20.6 Å². The maximum absolute atomic E-state index is 12.5. The maximum atomic E-state index is 12.5. The third kappa shape index (κ3) is 3.93. The smallest absolute Gasteiger partial charge is 0.255 e. The summed E-state index contributed by atoms with van der Waals surface area (Å²) < 4.78 is 0. The summed E-state index contributed by atoms with van der Waals surface area (Å²) in [6.45, 7) is 4.45. The number of rotatable bonds is 5. The van der Waals surface area contributed by atoms with Crippen molar-refractivity contribution >= 4 is 23.8 Å². The predicted octanol–water partition coefficient (Wildman–Crippen LogP) is 2.21. The Balaban J connectivity index is 2.20. The topological polar surface area (TPSA) is 69.6 Å². The lowest BCUT2D eigenvalue weighted by Gasteiger charge is -2.26. The van der Waals surface area contributed by atoms with E-state index in [-0.39, 0.29) is 5.91 Å². The highest BCUT2D eigenvalue weighted by molar-refractivity contribution is 5.96. The van der Waals surface area contributed by atoms with Crippen molar-refractivity contribution in [1.29, 1.82) is 0 Å². The van der Waals surface area contributed by atoms with Crippen LogP contribution in [0.2, 0.25) is 0 Å². The van der Waals surface area contributed by atoms with E-state index in [0.717, 1.165) is 44.0 Å². The molecule has 1 aromatic heterocycles. The van der Waals surface area contributed by atoms with E-state index in [1.165, 1.54) is 6.42 Å². The third-order valence-electron chi connectivity index (χ3n) is 3.47. The van der Waals surface area contributed by atoms with Crippen molar-refractivity contribution in [3.63, 3.8) is 0 Å². The van der Waals surface area contributed by atoms with Gasteiger partial charge in [-0.25, -0.2) is 4.98 Å². The van der Waals surface area contributed by atoms with Gasteiger partial charge in [0.1, 0.15) is 5.82 Å². The molecule has 1 fully saturated rings. The van der Waals surface area contributed by atoms with E-state index < -0.39 is 0 Å². The molecule has 1 saturated heterocycles. The van der Waals surface area contributed by atoms with E-state index in [1.54, 1.807) is 19.6 Å². The number of hydrogen-bond donors (Lipinski definition) is 2. The average Bonchev–Trinajstić information content (AvgIpc) is 2.54. The number of aromatic nitrogens is 1. The normalized spacial score (nSPS) is 15.2. The summed E-state index contributed by atoms with van der Waals surface area (Å²) in [6, 6.07) is 1.84. The summed E-state index contributed by atoms with van der Waals surface area (Å²) in [5.41, 5.74) is 1.39. The number of nitrogens with zero attached hydrogens (tertiary/aromatic N) is 3. The minimum absolute atomic E-state index is 0.0572. The van der Waals surface area contributed by atoms with Crippen LogP contribution in [0.15, 0.2) is 17.3 Å². The molecule has 21 heavy (non-hydrogen) atoms.